The summed E-state index contributed by atoms with van der Waals surface area (Å²) in [7, 11) is 0. The third-order valence-electron chi connectivity index (χ3n) is 3.33. The molecule has 0 bridgehead atoms. The predicted molar refractivity (Wildman–Crippen MR) is 71.2 cm³/mol. The van der Waals surface area contributed by atoms with Gasteiger partial charge in [-0.05, 0) is 41.7 Å². The Bertz CT molecular complexity index is 561. The SMILES string of the molecule is CCc1ccccc1Cc1ccc2c(c1)OCO2. The Hall–Kier alpha value is -1.96. The van der Waals surface area contributed by atoms with E-state index in [1.54, 1.807) is 0 Å². The Morgan fingerprint density at radius 1 is 0.944 bits per heavy atom. The molecule has 2 heteroatoms. The highest BCUT2D eigenvalue weighted by Crippen LogP contribution is 2.33. The lowest BCUT2D eigenvalue weighted by atomic mass is 9.98. The topological polar surface area (TPSA) is 18.5 Å². The van der Waals surface area contributed by atoms with Crippen LogP contribution in [-0.2, 0) is 12.8 Å². The molecule has 1 aliphatic heterocycles. The Labute approximate surface area is 107 Å². The van der Waals surface area contributed by atoms with Crippen molar-refractivity contribution in [2.75, 3.05) is 6.79 Å². The van der Waals surface area contributed by atoms with Crippen LogP contribution in [0.5, 0.6) is 11.5 Å². The average molecular weight is 240 g/mol. The Kier molecular flexibility index (Phi) is 2.93. The van der Waals surface area contributed by atoms with Crippen molar-refractivity contribution in [3.05, 3.63) is 59.2 Å². The predicted octanol–water partition coefficient (Wildman–Crippen LogP) is 3.57. The third-order valence-corrected chi connectivity index (χ3v) is 3.33. The molecule has 0 atom stereocenters. The fourth-order valence-electron chi connectivity index (χ4n) is 2.35. The van der Waals surface area contributed by atoms with Crippen molar-refractivity contribution in [2.24, 2.45) is 0 Å². The number of fused-ring (bicyclic) bond motifs is 1. The van der Waals surface area contributed by atoms with Crippen LogP contribution in [0.3, 0.4) is 0 Å². The van der Waals surface area contributed by atoms with Gasteiger partial charge < -0.3 is 9.47 Å². The maximum atomic E-state index is 5.41. The van der Waals surface area contributed by atoms with Crippen molar-refractivity contribution in [3.8, 4) is 11.5 Å². The first-order valence-corrected chi connectivity index (χ1v) is 6.32. The maximum absolute atomic E-state index is 5.41. The Morgan fingerprint density at radius 2 is 1.72 bits per heavy atom. The van der Waals surface area contributed by atoms with Gasteiger partial charge in [-0.15, -0.1) is 0 Å². The number of ether oxygens (including phenoxy) is 2. The van der Waals surface area contributed by atoms with Gasteiger partial charge in [0.2, 0.25) is 6.79 Å². The molecule has 0 aromatic heterocycles. The number of hydrogen-bond donors (Lipinski definition) is 0. The molecule has 0 aliphatic carbocycles. The quantitative estimate of drug-likeness (QED) is 0.816. The molecule has 0 amide bonds. The molecule has 0 fully saturated rings. The minimum absolute atomic E-state index is 0.338. The van der Waals surface area contributed by atoms with E-state index >= 15 is 0 Å². The van der Waals surface area contributed by atoms with Gasteiger partial charge in [0.1, 0.15) is 0 Å². The molecular weight excluding hydrogens is 224 g/mol. The van der Waals surface area contributed by atoms with Gasteiger partial charge in [0, 0.05) is 0 Å². The summed E-state index contributed by atoms with van der Waals surface area (Å²) in [6, 6.07) is 14.8. The molecule has 0 radical (unpaired) electrons. The van der Waals surface area contributed by atoms with Crippen LogP contribution in [0.1, 0.15) is 23.6 Å². The van der Waals surface area contributed by atoms with Crippen LogP contribution < -0.4 is 9.47 Å². The molecule has 2 nitrogen and oxygen atoms in total. The van der Waals surface area contributed by atoms with E-state index in [1.807, 2.05) is 6.07 Å². The second kappa shape index (κ2) is 4.73. The number of hydrogen-bond acceptors (Lipinski definition) is 2. The molecular formula is C16H16O2. The van der Waals surface area contributed by atoms with E-state index < -0.39 is 0 Å². The highest BCUT2D eigenvalue weighted by atomic mass is 16.7. The van der Waals surface area contributed by atoms with E-state index in [0.717, 1.165) is 24.3 Å². The van der Waals surface area contributed by atoms with Gasteiger partial charge in [0.25, 0.3) is 0 Å². The maximum Gasteiger partial charge on any atom is 0.231 e. The van der Waals surface area contributed by atoms with Crippen LogP contribution in [0.15, 0.2) is 42.5 Å². The zero-order valence-corrected chi connectivity index (χ0v) is 10.5. The lowest BCUT2D eigenvalue weighted by molar-refractivity contribution is 0.174. The molecule has 0 N–H and O–H groups in total. The van der Waals surface area contributed by atoms with E-state index in [1.165, 1.54) is 16.7 Å². The smallest absolute Gasteiger partial charge is 0.231 e. The summed E-state index contributed by atoms with van der Waals surface area (Å²) >= 11 is 0. The lowest BCUT2D eigenvalue weighted by Crippen LogP contribution is -1.94. The molecule has 18 heavy (non-hydrogen) atoms. The second-order valence-electron chi connectivity index (χ2n) is 4.49. The van der Waals surface area contributed by atoms with Crippen molar-refractivity contribution in [1.29, 1.82) is 0 Å². The van der Waals surface area contributed by atoms with E-state index in [2.05, 4.69) is 43.3 Å². The van der Waals surface area contributed by atoms with Crippen LogP contribution in [0.25, 0.3) is 0 Å². The van der Waals surface area contributed by atoms with Crippen molar-refractivity contribution in [3.63, 3.8) is 0 Å². The minimum atomic E-state index is 0.338. The van der Waals surface area contributed by atoms with Crippen molar-refractivity contribution in [1.82, 2.24) is 0 Å². The molecule has 92 valence electrons. The van der Waals surface area contributed by atoms with Gasteiger partial charge in [-0.1, -0.05) is 37.3 Å². The van der Waals surface area contributed by atoms with E-state index in [-0.39, 0.29) is 0 Å². The summed E-state index contributed by atoms with van der Waals surface area (Å²) in [5.41, 5.74) is 4.06. The molecule has 0 saturated carbocycles. The molecule has 1 aliphatic rings. The first kappa shape index (κ1) is 11.1. The summed E-state index contributed by atoms with van der Waals surface area (Å²) < 4.78 is 10.7. The summed E-state index contributed by atoms with van der Waals surface area (Å²) in [6.45, 7) is 2.53. The zero-order chi connectivity index (χ0) is 12.4. The summed E-state index contributed by atoms with van der Waals surface area (Å²) in [5, 5.41) is 0. The van der Waals surface area contributed by atoms with Crippen LogP contribution in [0.4, 0.5) is 0 Å². The van der Waals surface area contributed by atoms with Crippen LogP contribution in [0, 0.1) is 0 Å². The monoisotopic (exact) mass is 240 g/mol. The van der Waals surface area contributed by atoms with Gasteiger partial charge in [0.15, 0.2) is 11.5 Å². The van der Waals surface area contributed by atoms with Crippen LogP contribution in [0.2, 0.25) is 0 Å². The molecule has 0 saturated heterocycles. The third kappa shape index (κ3) is 2.06. The molecule has 0 spiro atoms. The van der Waals surface area contributed by atoms with E-state index in [4.69, 9.17) is 9.47 Å². The first-order chi connectivity index (χ1) is 8.86. The Balaban J connectivity index is 1.88. The molecule has 3 rings (SSSR count). The normalized spacial score (nSPS) is 12.7. The summed E-state index contributed by atoms with van der Waals surface area (Å²) in [6.07, 6.45) is 2.02. The fraction of sp³-hybridized carbons (Fsp3) is 0.250. The van der Waals surface area contributed by atoms with Gasteiger partial charge in [-0.25, -0.2) is 0 Å². The standard InChI is InChI=1S/C16H16O2/c1-2-13-5-3-4-6-14(13)9-12-7-8-15-16(10-12)18-11-17-15/h3-8,10H,2,9,11H2,1H3. The van der Waals surface area contributed by atoms with Gasteiger partial charge >= 0.3 is 0 Å². The lowest BCUT2D eigenvalue weighted by Gasteiger charge is -2.08. The Morgan fingerprint density at radius 3 is 2.56 bits per heavy atom. The molecule has 2 aromatic carbocycles. The first-order valence-electron chi connectivity index (χ1n) is 6.32. The van der Waals surface area contributed by atoms with Crippen molar-refractivity contribution < 1.29 is 9.47 Å². The fourth-order valence-corrected chi connectivity index (χ4v) is 2.35. The average Bonchev–Trinajstić information content (AvgIpc) is 2.87. The largest absolute Gasteiger partial charge is 0.454 e. The molecule has 0 unspecified atom stereocenters. The van der Waals surface area contributed by atoms with Gasteiger partial charge in [-0.3, -0.25) is 0 Å². The molecule has 1 heterocycles. The highest BCUT2D eigenvalue weighted by Gasteiger charge is 2.13. The minimum Gasteiger partial charge on any atom is -0.454 e. The summed E-state index contributed by atoms with van der Waals surface area (Å²) in [4.78, 5) is 0. The number of benzene rings is 2. The van der Waals surface area contributed by atoms with Crippen molar-refractivity contribution in [2.45, 2.75) is 19.8 Å². The highest BCUT2D eigenvalue weighted by molar-refractivity contribution is 5.46. The van der Waals surface area contributed by atoms with Gasteiger partial charge in [0.05, 0.1) is 0 Å². The number of aryl methyl sites for hydroxylation is 1. The van der Waals surface area contributed by atoms with E-state index in [0.29, 0.717) is 6.79 Å². The van der Waals surface area contributed by atoms with E-state index in [9.17, 15) is 0 Å². The van der Waals surface area contributed by atoms with Crippen LogP contribution in [-0.4, -0.2) is 6.79 Å². The van der Waals surface area contributed by atoms with Crippen molar-refractivity contribution >= 4 is 0 Å². The van der Waals surface area contributed by atoms with Gasteiger partial charge in [-0.2, -0.15) is 0 Å². The summed E-state index contributed by atoms with van der Waals surface area (Å²) in [5.74, 6) is 1.71. The second-order valence-corrected chi connectivity index (χ2v) is 4.49. The zero-order valence-electron chi connectivity index (χ0n) is 10.5. The van der Waals surface area contributed by atoms with Crippen LogP contribution >= 0.6 is 0 Å². The number of rotatable bonds is 3. The molecule has 2 aromatic rings.